The number of pyridine rings is 2. The average Bonchev–Trinajstić information content (AvgIpc) is 3.09. The minimum absolute atomic E-state index is 0.389. The molecular formula is C20H17ClFN5O. The maximum Gasteiger partial charge on any atom is 0.216 e. The molecule has 4 rings (SSSR count). The largest absolute Gasteiger partial charge is 0.481 e. The van der Waals surface area contributed by atoms with Crippen molar-refractivity contribution in [3.05, 3.63) is 76.5 Å². The minimum atomic E-state index is -0.389. The molecule has 28 heavy (non-hydrogen) atoms. The van der Waals surface area contributed by atoms with E-state index in [4.69, 9.17) is 16.3 Å². The van der Waals surface area contributed by atoms with Crippen molar-refractivity contribution in [1.82, 2.24) is 24.9 Å². The second-order valence-electron chi connectivity index (χ2n) is 6.37. The molecule has 0 aliphatic heterocycles. The van der Waals surface area contributed by atoms with Gasteiger partial charge in [0.2, 0.25) is 5.88 Å². The quantitative estimate of drug-likeness (QED) is 0.533. The van der Waals surface area contributed by atoms with Crippen LogP contribution in [0.3, 0.4) is 0 Å². The highest BCUT2D eigenvalue weighted by molar-refractivity contribution is 6.31. The first-order valence-electron chi connectivity index (χ1n) is 8.72. The zero-order chi connectivity index (χ0) is 19.5. The number of rotatable bonds is 6. The van der Waals surface area contributed by atoms with Crippen LogP contribution in [-0.2, 0) is 19.3 Å². The fourth-order valence-corrected chi connectivity index (χ4v) is 3.24. The third kappa shape index (κ3) is 3.94. The van der Waals surface area contributed by atoms with Gasteiger partial charge in [0.05, 0.1) is 18.3 Å². The van der Waals surface area contributed by atoms with Gasteiger partial charge in [-0.05, 0) is 29.7 Å². The summed E-state index contributed by atoms with van der Waals surface area (Å²) in [5.41, 5.74) is 3.56. The third-order valence-electron chi connectivity index (χ3n) is 4.44. The highest BCUT2D eigenvalue weighted by atomic mass is 35.5. The van der Waals surface area contributed by atoms with Crippen LogP contribution in [0.1, 0.15) is 22.5 Å². The van der Waals surface area contributed by atoms with Crippen LogP contribution >= 0.6 is 11.6 Å². The summed E-state index contributed by atoms with van der Waals surface area (Å²) in [7, 11) is 1.52. The van der Waals surface area contributed by atoms with Gasteiger partial charge in [-0.1, -0.05) is 11.6 Å². The normalized spacial score (nSPS) is 11.1. The standard InChI is InChI=1S/C20H17ClFN5O/c1-28-20-13(5-16(22)11-27-20)2-3-18-23-7-12(8-24-18)4-14-9-25-19-17(14)6-15(21)10-26-19/h5-11H,2-4H2,1H3,(H,25,26). The van der Waals surface area contributed by atoms with Crippen molar-refractivity contribution in [1.29, 1.82) is 0 Å². The molecular weight excluding hydrogens is 381 g/mol. The Kier molecular flexibility index (Phi) is 5.16. The monoisotopic (exact) mass is 397 g/mol. The van der Waals surface area contributed by atoms with Crippen molar-refractivity contribution >= 4 is 22.6 Å². The number of fused-ring (bicyclic) bond motifs is 1. The Balaban J connectivity index is 1.45. The van der Waals surface area contributed by atoms with E-state index in [2.05, 4.69) is 24.9 Å². The molecule has 0 amide bonds. The SMILES string of the molecule is COc1ncc(F)cc1CCc1ncc(Cc2c[nH]c3ncc(Cl)cc23)cn1. The summed E-state index contributed by atoms with van der Waals surface area (Å²) in [6.07, 6.45) is 10.1. The smallest absolute Gasteiger partial charge is 0.216 e. The van der Waals surface area contributed by atoms with E-state index >= 15 is 0 Å². The van der Waals surface area contributed by atoms with Crippen molar-refractivity contribution in [2.45, 2.75) is 19.3 Å². The van der Waals surface area contributed by atoms with Crippen LogP contribution in [-0.4, -0.2) is 32.0 Å². The predicted molar refractivity (Wildman–Crippen MR) is 104 cm³/mol. The molecule has 0 aliphatic carbocycles. The zero-order valence-corrected chi connectivity index (χ0v) is 15.9. The second-order valence-corrected chi connectivity index (χ2v) is 6.81. The minimum Gasteiger partial charge on any atom is -0.481 e. The summed E-state index contributed by atoms with van der Waals surface area (Å²) in [4.78, 5) is 20.2. The Morgan fingerprint density at radius 3 is 2.61 bits per heavy atom. The van der Waals surface area contributed by atoms with E-state index in [-0.39, 0.29) is 5.82 Å². The Morgan fingerprint density at radius 2 is 1.82 bits per heavy atom. The second kappa shape index (κ2) is 7.90. The summed E-state index contributed by atoms with van der Waals surface area (Å²) in [6.45, 7) is 0. The molecule has 0 fully saturated rings. The fourth-order valence-electron chi connectivity index (χ4n) is 3.08. The van der Waals surface area contributed by atoms with E-state index in [1.807, 2.05) is 12.3 Å². The number of nitrogens with zero attached hydrogens (tertiary/aromatic N) is 4. The summed E-state index contributed by atoms with van der Waals surface area (Å²) in [6, 6.07) is 3.32. The summed E-state index contributed by atoms with van der Waals surface area (Å²) < 4.78 is 18.6. The Labute approximate surface area is 165 Å². The van der Waals surface area contributed by atoms with Crippen LogP contribution in [0.4, 0.5) is 4.39 Å². The van der Waals surface area contributed by atoms with Gasteiger partial charge in [0.25, 0.3) is 0 Å². The van der Waals surface area contributed by atoms with Crippen LogP contribution < -0.4 is 4.74 Å². The van der Waals surface area contributed by atoms with Gasteiger partial charge in [-0.15, -0.1) is 0 Å². The molecule has 0 saturated heterocycles. The number of nitrogens with one attached hydrogen (secondary N) is 1. The molecule has 4 heterocycles. The lowest BCUT2D eigenvalue weighted by molar-refractivity contribution is 0.390. The van der Waals surface area contributed by atoms with Gasteiger partial charge in [-0.2, -0.15) is 0 Å². The molecule has 8 heteroatoms. The fraction of sp³-hybridized carbons (Fsp3) is 0.200. The molecule has 0 bridgehead atoms. The van der Waals surface area contributed by atoms with Crippen LogP contribution in [0, 0.1) is 5.82 Å². The van der Waals surface area contributed by atoms with Gasteiger partial charge in [-0.25, -0.2) is 24.3 Å². The summed E-state index contributed by atoms with van der Waals surface area (Å²) >= 11 is 6.05. The molecule has 0 unspecified atom stereocenters. The van der Waals surface area contributed by atoms with Crippen molar-refractivity contribution in [2.24, 2.45) is 0 Å². The van der Waals surface area contributed by atoms with Crippen LogP contribution in [0.25, 0.3) is 11.0 Å². The van der Waals surface area contributed by atoms with Crippen LogP contribution in [0.2, 0.25) is 5.02 Å². The molecule has 1 N–H and O–H groups in total. The number of aryl methyl sites for hydroxylation is 2. The topological polar surface area (TPSA) is 76.6 Å². The highest BCUT2D eigenvalue weighted by Crippen LogP contribution is 2.22. The molecule has 0 aliphatic rings. The Morgan fingerprint density at radius 1 is 1.00 bits per heavy atom. The molecule has 6 nitrogen and oxygen atoms in total. The van der Waals surface area contributed by atoms with Gasteiger partial charge in [-0.3, -0.25) is 0 Å². The van der Waals surface area contributed by atoms with Gasteiger partial charge in [0.15, 0.2) is 0 Å². The lowest BCUT2D eigenvalue weighted by Crippen LogP contribution is -2.02. The van der Waals surface area contributed by atoms with Crippen molar-refractivity contribution in [3.8, 4) is 5.88 Å². The van der Waals surface area contributed by atoms with E-state index in [9.17, 15) is 4.39 Å². The molecule has 0 atom stereocenters. The van der Waals surface area contributed by atoms with Gasteiger partial charge < -0.3 is 9.72 Å². The molecule has 0 saturated carbocycles. The molecule has 4 aromatic rings. The third-order valence-corrected chi connectivity index (χ3v) is 4.65. The maximum atomic E-state index is 13.4. The molecule has 0 radical (unpaired) electrons. The predicted octanol–water partition coefficient (Wildman–Crippen LogP) is 3.93. The Hall–Kier alpha value is -3.06. The number of halogens is 2. The molecule has 0 spiro atoms. The lowest BCUT2D eigenvalue weighted by Gasteiger charge is -2.07. The zero-order valence-electron chi connectivity index (χ0n) is 15.1. The lowest BCUT2D eigenvalue weighted by atomic mass is 10.1. The number of methoxy groups -OCH3 is 1. The first-order chi connectivity index (χ1) is 13.6. The average molecular weight is 398 g/mol. The molecule has 0 aromatic carbocycles. The number of hydrogen-bond donors (Lipinski definition) is 1. The first-order valence-corrected chi connectivity index (χ1v) is 9.10. The number of ether oxygens (including phenoxy) is 1. The maximum absolute atomic E-state index is 13.4. The number of aromatic nitrogens is 5. The van der Waals surface area contributed by atoms with Crippen molar-refractivity contribution < 1.29 is 9.13 Å². The van der Waals surface area contributed by atoms with E-state index in [1.54, 1.807) is 18.6 Å². The summed E-state index contributed by atoms with van der Waals surface area (Å²) in [5.74, 6) is 0.712. The van der Waals surface area contributed by atoms with Crippen LogP contribution in [0.5, 0.6) is 5.88 Å². The van der Waals surface area contributed by atoms with E-state index < -0.39 is 0 Å². The van der Waals surface area contributed by atoms with Crippen LogP contribution in [0.15, 0.2) is 43.1 Å². The first kappa shape index (κ1) is 18.3. The number of aromatic amines is 1. The number of hydrogen-bond acceptors (Lipinski definition) is 5. The van der Waals surface area contributed by atoms with E-state index in [0.29, 0.717) is 41.6 Å². The number of H-pyrrole nitrogens is 1. The highest BCUT2D eigenvalue weighted by Gasteiger charge is 2.10. The van der Waals surface area contributed by atoms with E-state index in [1.165, 1.54) is 13.2 Å². The van der Waals surface area contributed by atoms with Gasteiger partial charge in [0, 0.05) is 48.6 Å². The van der Waals surface area contributed by atoms with Gasteiger partial charge >= 0.3 is 0 Å². The summed E-state index contributed by atoms with van der Waals surface area (Å²) in [5, 5.41) is 1.59. The van der Waals surface area contributed by atoms with E-state index in [0.717, 1.165) is 28.4 Å². The molecule has 4 aromatic heterocycles. The van der Waals surface area contributed by atoms with Crippen molar-refractivity contribution in [3.63, 3.8) is 0 Å². The van der Waals surface area contributed by atoms with Gasteiger partial charge in [0.1, 0.15) is 17.3 Å². The molecule has 142 valence electrons. The van der Waals surface area contributed by atoms with Crippen molar-refractivity contribution in [2.75, 3.05) is 7.11 Å². The Bertz CT molecular complexity index is 1110.